The van der Waals surface area contributed by atoms with Crippen LogP contribution in [-0.2, 0) is 13.0 Å². The second-order valence-corrected chi connectivity index (χ2v) is 5.74. The Morgan fingerprint density at radius 1 is 1.50 bits per heavy atom. The molecule has 0 unspecified atom stereocenters. The molecule has 0 saturated heterocycles. The summed E-state index contributed by atoms with van der Waals surface area (Å²) in [6, 6.07) is 0.647. The fraction of sp³-hybridized carbons (Fsp3) is 0.769. The van der Waals surface area contributed by atoms with Crippen molar-refractivity contribution in [2.24, 2.45) is 5.92 Å². The maximum atomic E-state index is 4.58. The van der Waals surface area contributed by atoms with E-state index in [1.54, 1.807) is 11.3 Å². The van der Waals surface area contributed by atoms with Crippen molar-refractivity contribution >= 4 is 11.3 Å². The second kappa shape index (κ2) is 5.78. The summed E-state index contributed by atoms with van der Waals surface area (Å²) in [5.41, 5.74) is 1.21. The zero-order valence-electron chi connectivity index (χ0n) is 10.3. The Balaban J connectivity index is 1.77. The Morgan fingerprint density at radius 3 is 2.88 bits per heavy atom. The zero-order chi connectivity index (χ0) is 11.4. The predicted molar refractivity (Wildman–Crippen MR) is 69.8 cm³/mol. The van der Waals surface area contributed by atoms with Crippen LogP contribution in [0.5, 0.6) is 0 Å². The molecule has 1 aliphatic carbocycles. The average molecular weight is 238 g/mol. The number of rotatable bonds is 5. The van der Waals surface area contributed by atoms with Gasteiger partial charge < -0.3 is 5.32 Å². The highest BCUT2D eigenvalue weighted by atomic mass is 32.1. The summed E-state index contributed by atoms with van der Waals surface area (Å²) < 4.78 is 0. The first-order chi connectivity index (χ1) is 7.79. The van der Waals surface area contributed by atoms with Gasteiger partial charge in [0.2, 0.25) is 0 Å². The fourth-order valence-corrected chi connectivity index (χ4v) is 3.23. The van der Waals surface area contributed by atoms with Crippen LogP contribution in [0, 0.1) is 5.92 Å². The van der Waals surface area contributed by atoms with Crippen molar-refractivity contribution < 1.29 is 0 Å². The van der Waals surface area contributed by atoms with Crippen molar-refractivity contribution in [3.63, 3.8) is 0 Å². The predicted octanol–water partition coefficient (Wildman–Crippen LogP) is 3.37. The van der Waals surface area contributed by atoms with Gasteiger partial charge in [-0.15, -0.1) is 11.3 Å². The highest BCUT2D eigenvalue weighted by Crippen LogP contribution is 2.27. The molecular formula is C13H22N2S. The number of thiazole rings is 1. The fourth-order valence-electron chi connectivity index (χ4n) is 2.48. The van der Waals surface area contributed by atoms with Gasteiger partial charge in [-0.2, -0.15) is 0 Å². The van der Waals surface area contributed by atoms with E-state index < -0.39 is 0 Å². The lowest BCUT2D eigenvalue weighted by molar-refractivity contribution is 0.379. The molecule has 1 aromatic rings. The molecule has 1 atom stereocenters. The molecule has 2 rings (SSSR count). The van der Waals surface area contributed by atoms with E-state index in [9.17, 15) is 0 Å². The lowest BCUT2D eigenvalue weighted by atomic mass is 10.00. The molecule has 1 N–H and O–H groups in total. The van der Waals surface area contributed by atoms with Gasteiger partial charge in [0.05, 0.1) is 10.7 Å². The summed E-state index contributed by atoms with van der Waals surface area (Å²) >= 11 is 1.78. The van der Waals surface area contributed by atoms with Gasteiger partial charge in [0.25, 0.3) is 0 Å². The number of nitrogens with one attached hydrogen (secondary N) is 1. The van der Waals surface area contributed by atoms with Gasteiger partial charge in [0.15, 0.2) is 0 Å². The largest absolute Gasteiger partial charge is 0.308 e. The van der Waals surface area contributed by atoms with Gasteiger partial charge in [0.1, 0.15) is 0 Å². The number of hydrogen-bond acceptors (Lipinski definition) is 3. The van der Waals surface area contributed by atoms with Crippen molar-refractivity contribution in [2.75, 3.05) is 0 Å². The molecule has 1 saturated carbocycles. The third-order valence-corrected chi connectivity index (χ3v) is 4.66. The minimum atomic E-state index is 0.647. The molecule has 16 heavy (non-hydrogen) atoms. The topological polar surface area (TPSA) is 24.9 Å². The smallest absolute Gasteiger partial charge is 0.0926 e. The quantitative estimate of drug-likeness (QED) is 0.850. The monoisotopic (exact) mass is 238 g/mol. The van der Waals surface area contributed by atoms with E-state index in [0.717, 1.165) is 18.9 Å². The first-order valence-electron chi connectivity index (χ1n) is 6.46. The van der Waals surface area contributed by atoms with Gasteiger partial charge in [-0.1, -0.05) is 19.8 Å². The Labute approximate surface area is 102 Å². The van der Waals surface area contributed by atoms with Crippen LogP contribution in [-0.4, -0.2) is 11.0 Å². The molecule has 3 heteroatoms. The molecule has 1 fully saturated rings. The normalized spacial score (nSPS) is 19.1. The molecule has 0 spiro atoms. The highest BCUT2D eigenvalue weighted by Gasteiger charge is 2.20. The van der Waals surface area contributed by atoms with Crippen molar-refractivity contribution in [3.05, 3.63) is 16.1 Å². The van der Waals surface area contributed by atoms with Crippen LogP contribution in [0.2, 0.25) is 0 Å². The van der Waals surface area contributed by atoms with Crippen molar-refractivity contribution in [2.45, 2.75) is 58.5 Å². The van der Waals surface area contributed by atoms with E-state index in [1.807, 2.05) is 0 Å². The van der Waals surface area contributed by atoms with E-state index in [1.165, 1.54) is 36.4 Å². The summed E-state index contributed by atoms with van der Waals surface area (Å²) in [6.07, 6.45) is 6.72. The molecular weight excluding hydrogens is 216 g/mol. The van der Waals surface area contributed by atoms with Crippen LogP contribution >= 0.6 is 11.3 Å². The van der Waals surface area contributed by atoms with E-state index >= 15 is 0 Å². The summed E-state index contributed by atoms with van der Waals surface area (Å²) in [6.45, 7) is 5.43. The van der Waals surface area contributed by atoms with Crippen molar-refractivity contribution in [1.29, 1.82) is 0 Å². The third kappa shape index (κ3) is 3.05. The summed E-state index contributed by atoms with van der Waals surface area (Å²) in [5.74, 6) is 0.893. The van der Waals surface area contributed by atoms with Gasteiger partial charge in [0, 0.05) is 18.0 Å². The highest BCUT2D eigenvalue weighted by molar-refractivity contribution is 7.09. The Kier molecular flexibility index (Phi) is 4.36. The maximum absolute atomic E-state index is 4.58. The molecule has 0 aromatic carbocycles. The van der Waals surface area contributed by atoms with Crippen LogP contribution in [0.4, 0.5) is 0 Å². The third-order valence-electron chi connectivity index (χ3n) is 3.61. The van der Waals surface area contributed by atoms with Crippen LogP contribution < -0.4 is 5.32 Å². The molecule has 2 nitrogen and oxygen atoms in total. The summed E-state index contributed by atoms with van der Waals surface area (Å²) in [7, 11) is 0. The molecule has 1 aromatic heterocycles. The molecule has 0 aliphatic heterocycles. The Morgan fingerprint density at radius 2 is 2.25 bits per heavy atom. The van der Waals surface area contributed by atoms with Crippen molar-refractivity contribution in [3.8, 4) is 0 Å². The van der Waals surface area contributed by atoms with E-state index in [4.69, 9.17) is 0 Å². The van der Waals surface area contributed by atoms with Gasteiger partial charge in [-0.25, -0.2) is 4.98 Å². The van der Waals surface area contributed by atoms with Gasteiger partial charge >= 0.3 is 0 Å². The molecule has 90 valence electrons. The van der Waals surface area contributed by atoms with Crippen LogP contribution in [0.3, 0.4) is 0 Å². The van der Waals surface area contributed by atoms with E-state index in [0.29, 0.717) is 6.04 Å². The molecule has 1 aliphatic rings. The lowest BCUT2D eigenvalue weighted by Crippen LogP contribution is -2.31. The molecule has 1 heterocycles. The van der Waals surface area contributed by atoms with Gasteiger partial charge in [-0.3, -0.25) is 0 Å². The first kappa shape index (κ1) is 12.1. The first-order valence-corrected chi connectivity index (χ1v) is 7.34. The minimum Gasteiger partial charge on any atom is -0.308 e. The minimum absolute atomic E-state index is 0.647. The zero-order valence-corrected chi connectivity index (χ0v) is 11.1. The maximum Gasteiger partial charge on any atom is 0.0926 e. The van der Waals surface area contributed by atoms with E-state index in [-0.39, 0.29) is 0 Å². The number of hydrogen-bond donors (Lipinski definition) is 1. The molecule has 0 amide bonds. The Bertz CT molecular complexity index is 315. The second-order valence-electron chi connectivity index (χ2n) is 4.80. The van der Waals surface area contributed by atoms with Crippen molar-refractivity contribution in [1.82, 2.24) is 10.3 Å². The van der Waals surface area contributed by atoms with Crippen LogP contribution in [0.15, 0.2) is 5.38 Å². The Hall–Kier alpha value is -0.410. The molecule has 0 bridgehead atoms. The van der Waals surface area contributed by atoms with Gasteiger partial charge in [-0.05, 0) is 32.1 Å². The lowest BCUT2D eigenvalue weighted by Gasteiger charge is -2.19. The number of aryl methyl sites for hydroxylation is 1. The van der Waals surface area contributed by atoms with Crippen LogP contribution in [0.25, 0.3) is 0 Å². The van der Waals surface area contributed by atoms with E-state index in [2.05, 4.69) is 29.5 Å². The van der Waals surface area contributed by atoms with Crippen LogP contribution in [0.1, 0.15) is 50.2 Å². The number of aromatic nitrogens is 1. The summed E-state index contributed by atoms with van der Waals surface area (Å²) in [5, 5.41) is 7.07. The standard InChI is InChI=1S/C13H22N2S/c1-3-13-15-12(9-16-13)8-14-10(2)11-6-4-5-7-11/h9-11,14H,3-8H2,1-2H3/t10-/m0/s1. The number of nitrogens with zero attached hydrogens (tertiary/aromatic N) is 1. The summed E-state index contributed by atoms with van der Waals surface area (Å²) in [4.78, 5) is 4.58. The average Bonchev–Trinajstić information content (AvgIpc) is 2.96. The SMILES string of the molecule is CCc1nc(CN[C@@H](C)C2CCCC2)cs1. The molecule has 0 radical (unpaired) electrons.